The number of hydrogen-bond acceptors (Lipinski definition) is 3. The summed E-state index contributed by atoms with van der Waals surface area (Å²) in [4.78, 5) is 1.22. The standard InChI is InChI=1S/C13H17NOS/c1-3-10-16-13-6-4-12(5-7-13)11-14-8-9-15-2/h1,4-7,14H,8-11H2,2H3. The largest absolute Gasteiger partial charge is 0.383 e. The maximum atomic E-state index is 5.21. The lowest BCUT2D eigenvalue weighted by Crippen LogP contribution is -2.18. The Balaban J connectivity index is 2.31. The van der Waals surface area contributed by atoms with Crippen LogP contribution in [0.1, 0.15) is 5.56 Å². The van der Waals surface area contributed by atoms with E-state index in [1.54, 1.807) is 18.9 Å². The predicted molar refractivity (Wildman–Crippen MR) is 69.6 cm³/mol. The summed E-state index contributed by atoms with van der Waals surface area (Å²) in [5, 5.41) is 3.30. The first kappa shape index (κ1) is 13.1. The fourth-order valence-electron chi connectivity index (χ4n) is 1.24. The number of thioether (sulfide) groups is 1. The van der Waals surface area contributed by atoms with Crippen LogP contribution in [0.2, 0.25) is 0 Å². The third kappa shape index (κ3) is 5.22. The number of methoxy groups -OCH3 is 1. The predicted octanol–water partition coefficient (Wildman–Crippen LogP) is 2.15. The van der Waals surface area contributed by atoms with Crippen LogP contribution in [0, 0.1) is 12.3 Å². The molecule has 1 aromatic rings. The molecule has 16 heavy (non-hydrogen) atoms. The molecular weight excluding hydrogens is 218 g/mol. The molecule has 0 atom stereocenters. The van der Waals surface area contributed by atoms with E-state index in [1.165, 1.54) is 10.5 Å². The zero-order valence-corrected chi connectivity index (χ0v) is 10.3. The van der Waals surface area contributed by atoms with Crippen LogP contribution in [0.3, 0.4) is 0 Å². The number of benzene rings is 1. The van der Waals surface area contributed by atoms with Gasteiger partial charge in [-0.3, -0.25) is 0 Å². The van der Waals surface area contributed by atoms with Gasteiger partial charge in [-0.2, -0.15) is 0 Å². The lowest BCUT2D eigenvalue weighted by Gasteiger charge is -2.05. The average molecular weight is 235 g/mol. The molecule has 0 aromatic heterocycles. The van der Waals surface area contributed by atoms with E-state index in [2.05, 4.69) is 35.5 Å². The highest BCUT2D eigenvalue weighted by Gasteiger charge is 1.94. The monoisotopic (exact) mass is 235 g/mol. The number of ether oxygens (including phenoxy) is 1. The highest BCUT2D eigenvalue weighted by Crippen LogP contribution is 2.17. The molecule has 0 aliphatic carbocycles. The van der Waals surface area contributed by atoms with Gasteiger partial charge in [0.15, 0.2) is 0 Å². The van der Waals surface area contributed by atoms with Gasteiger partial charge >= 0.3 is 0 Å². The fraction of sp³-hybridized carbons (Fsp3) is 0.385. The molecule has 0 heterocycles. The van der Waals surface area contributed by atoms with Crippen LogP contribution in [0.25, 0.3) is 0 Å². The third-order valence-corrected chi connectivity index (χ3v) is 2.97. The van der Waals surface area contributed by atoms with Crippen molar-refractivity contribution in [3.63, 3.8) is 0 Å². The number of terminal acetylenes is 1. The van der Waals surface area contributed by atoms with Gasteiger partial charge in [-0.15, -0.1) is 18.2 Å². The van der Waals surface area contributed by atoms with Crippen LogP contribution in [0.5, 0.6) is 0 Å². The average Bonchev–Trinajstić information content (AvgIpc) is 2.33. The van der Waals surface area contributed by atoms with Crippen molar-refractivity contribution in [1.82, 2.24) is 5.32 Å². The lowest BCUT2D eigenvalue weighted by atomic mass is 10.2. The van der Waals surface area contributed by atoms with Crippen molar-refractivity contribution in [2.24, 2.45) is 0 Å². The van der Waals surface area contributed by atoms with E-state index >= 15 is 0 Å². The first-order chi connectivity index (χ1) is 7.86. The molecule has 0 radical (unpaired) electrons. The summed E-state index contributed by atoms with van der Waals surface area (Å²) >= 11 is 1.68. The summed E-state index contributed by atoms with van der Waals surface area (Å²) < 4.78 is 4.96. The van der Waals surface area contributed by atoms with Crippen molar-refractivity contribution < 1.29 is 4.74 Å². The zero-order valence-electron chi connectivity index (χ0n) is 9.53. The van der Waals surface area contributed by atoms with Crippen molar-refractivity contribution in [2.75, 3.05) is 26.0 Å². The van der Waals surface area contributed by atoms with E-state index in [1.807, 2.05) is 0 Å². The maximum Gasteiger partial charge on any atom is 0.0592 e. The van der Waals surface area contributed by atoms with Crippen molar-refractivity contribution in [3.05, 3.63) is 29.8 Å². The SMILES string of the molecule is C#CCSc1ccc(CNCCOC)cc1. The lowest BCUT2D eigenvalue weighted by molar-refractivity contribution is 0.199. The molecule has 2 nitrogen and oxygen atoms in total. The molecule has 0 fully saturated rings. The normalized spacial score (nSPS) is 10.0. The van der Waals surface area contributed by atoms with Gasteiger partial charge in [0.2, 0.25) is 0 Å². The molecule has 0 aliphatic heterocycles. The minimum Gasteiger partial charge on any atom is -0.383 e. The van der Waals surface area contributed by atoms with Gasteiger partial charge in [0.05, 0.1) is 12.4 Å². The van der Waals surface area contributed by atoms with Gasteiger partial charge in [0, 0.05) is 25.1 Å². The van der Waals surface area contributed by atoms with Crippen molar-refractivity contribution >= 4 is 11.8 Å². The van der Waals surface area contributed by atoms with E-state index in [0.29, 0.717) is 0 Å². The van der Waals surface area contributed by atoms with E-state index in [9.17, 15) is 0 Å². The van der Waals surface area contributed by atoms with Crippen LogP contribution >= 0.6 is 11.8 Å². The number of hydrogen-bond donors (Lipinski definition) is 1. The molecule has 0 aliphatic rings. The van der Waals surface area contributed by atoms with Crippen LogP contribution < -0.4 is 5.32 Å². The Hall–Kier alpha value is -0.950. The van der Waals surface area contributed by atoms with E-state index in [-0.39, 0.29) is 0 Å². The summed E-state index contributed by atoms with van der Waals surface area (Å²) in [5.41, 5.74) is 1.28. The Morgan fingerprint density at radius 1 is 1.38 bits per heavy atom. The molecular formula is C13H17NOS. The highest BCUT2D eigenvalue weighted by molar-refractivity contribution is 7.99. The summed E-state index contributed by atoms with van der Waals surface area (Å²) in [6, 6.07) is 8.46. The minimum atomic E-state index is 0.728. The molecule has 1 aromatic carbocycles. The number of nitrogens with one attached hydrogen (secondary N) is 1. The van der Waals surface area contributed by atoms with E-state index in [4.69, 9.17) is 11.2 Å². The third-order valence-electron chi connectivity index (χ3n) is 2.06. The molecule has 1 N–H and O–H groups in total. The molecule has 0 saturated heterocycles. The molecule has 0 unspecified atom stereocenters. The molecule has 0 spiro atoms. The van der Waals surface area contributed by atoms with Crippen LogP contribution in [-0.2, 0) is 11.3 Å². The Labute approximate surface area is 102 Å². The molecule has 1 rings (SSSR count). The van der Waals surface area contributed by atoms with Crippen LogP contribution in [-0.4, -0.2) is 26.0 Å². The first-order valence-corrected chi connectivity index (χ1v) is 6.20. The van der Waals surface area contributed by atoms with Crippen molar-refractivity contribution in [3.8, 4) is 12.3 Å². The molecule has 0 amide bonds. The van der Waals surface area contributed by atoms with E-state index < -0.39 is 0 Å². The first-order valence-electron chi connectivity index (χ1n) is 5.21. The van der Waals surface area contributed by atoms with Gasteiger partial charge in [-0.25, -0.2) is 0 Å². The quantitative estimate of drug-likeness (QED) is 0.444. The zero-order chi connectivity index (χ0) is 11.6. The van der Waals surface area contributed by atoms with Crippen molar-refractivity contribution in [2.45, 2.75) is 11.4 Å². The smallest absolute Gasteiger partial charge is 0.0592 e. The van der Waals surface area contributed by atoms with Gasteiger partial charge in [0.25, 0.3) is 0 Å². The Kier molecular flexibility index (Phi) is 6.75. The van der Waals surface area contributed by atoms with Crippen LogP contribution in [0.15, 0.2) is 29.2 Å². The molecule has 0 bridgehead atoms. The summed E-state index contributed by atoms with van der Waals surface area (Å²) in [6.07, 6.45) is 5.21. The van der Waals surface area contributed by atoms with Crippen LogP contribution in [0.4, 0.5) is 0 Å². The summed E-state index contributed by atoms with van der Waals surface area (Å²) in [6.45, 7) is 2.50. The Morgan fingerprint density at radius 3 is 2.75 bits per heavy atom. The molecule has 3 heteroatoms. The van der Waals surface area contributed by atoms with Crippen molar-refractivity contribution in [1.29, 1.82) is 0 Å². The maximum absolute atomic E-state index is 5.21. The Morgan fingerprint density at radius 2 is 2.12 bits per heavy atom. The number of rotatable bonds is 7. The fourth-order valence-corrected chi connectivity index (χ4v) is 1.81. The second kappa shape index (κ2) is 8.23. The second-order valence-corrected chi connectivity index (χ2v) is 4.36. The molecule has 0 saturated carbocycles. The van der Waals surface area contributed by atoms with Gasteiger partial charge < -0.3 is 10.1 Å². The minimum absolute atomic E-state index is 0.728. The van der Waals surface area contributed by atoms with Gasteiger partial charge in [-0.1, -0.05) is 18.1 Å². The second-order valence-electron chi connectivity index (χ2n) is 3.31. The van der Waals surface area contributed by atoms with Gasteiger partial charge in [-0.05, 0) is 17.7 Å². The van der Waals surface area contributed by atoms with E-state index in [0.717, 1.165) is 25.4 Å². The topological polar surface area (TPSA) is 21.3 Å². The summed E-state index contributed by atoms with van der Waals surface area (Å²) in [7, 11) is 1.71. The van der Waals surface area contributed by atoms with Gasteiger partial charge in [0.1, 0.15) is 0 Å². The molecule has 86 valence electrons. The summed E-state index contributed by atoms with van der Waals surface area (Å²) in [5.74, 6) is 3.34. The highest BCUT2D eigenvalue weighted by atomic mass is 32.2. The Bertz CT molecular complexity index is 329.